The van der Waals surface area contributed by atoms with Gasteiger partial charge in [-0.15, -0.1) is 4.78 Å². The molecule has 0 spiro atoms. The van der Waals surface area contributed by atoms with Crippen LogP contribution in [0.1, 0.15) is 66.2 Å². The van der Waals surface area contributed by atoms with Gasteiger partial charge in [-0.2, -0.15) is 0 Å². The number of benzene rings is 2. The smallest absolute Gasteiger partial charge is 0.256 e. The van der Waals surface area contributed by atoms with Gasteiger partial charge in [-0.05, 0) is 24.8 Å². The van der Waals surface area contributed by atoms with Crippen molar-refractivity contribution in [3.05, 3.63) is 35.4 Å². The number of amides is 4. The third-order valence-electron chi connectivity index (χ3n) is 11.2. The Labute approximate surface area is 336 Å². The van der Waals surface area contributed by atoms with E-state index in [0.29, 0.717) is 77.5 Å². The van der Waals surface area contributed by atoms with Gasteiger partial charge in [-0.25, -0.2) is 0 Å². The Balaban J connectivity index is 0.986. The van der Waals surface area contributed by atoms with Gasteiger partial charge in [0, 0.05) is 18.3 Å². The molecule has 7 rings (SSSR count). The summed E-state index contributed by atoms with van der Waals surface area (Å²) in [5.74, 6) is 1.52. The fourth-order valence-corrected chi connectivity index (χ4v) is 9.78. The van der Waals surface area contributed by atoms with Crippen molar-refractivity contribution >= 4 is 74.0 Å². The summed E-state index contributed by atoms with van der Waals surface area (Å²) in [6.07, 6.45) is 5.66. The predicted molar refractivity (Wildman–Crippen MR) is 193 cm³/mol. The van der Waals surface area contributed by atoms with Gasteiger partial charge in [0.05, 0.1) is 24.4 Å². The molecular formula is C37H42Al2IN4O9-. The molecule has 53 heavy (non-hydrogen) atoms. The van der Waals surface area contributed by atoms with E-state index in [1.165, 1.54) is 13.2 Å². The van der Waals surface area contributed by atoms with Gasteiger partial charge in [0.25, 0.3) is 5.91 Å². The molecular weight excluding hydrogens is 825 g/mol. The van der Waals surface area contributed by atoms with E-state index in [1.54, 1.807) is 35.1 Å². The van der Waals surface area contributed by atoms with Crippen molar-refractivity contribution in [3.63, 3.8) is 0 Å². The van der Waals surface area contributed by atoms with E-state index < -0.39 is 39.7 Å². The number of carbonyl (C=O) groups excluding carboxylic acids is 4. The molecule has 0 aromatic heterocycles. The molecule has 3 fully saturated rings. The van der Waals surface area contributed by atoms with E-state index in [4.69, 9.17) is 27.0 Å². The summed E-state index contributed by atoms with van der Waals surface area (Å²) < 4.78 is 29.6. The number of hydrogen-bond donors (Lipinski definition) is 0. The number of aliphatic imine (C=N–C) groups is 1. The average Bonchev–Trinajstić information content (AvgIpc) is 3.33. The first-order chi connectivity index (χ1) is 25.6. The van der Waals surface area contributed by atoms with Gasteiger partial charge < -0.3 is 14.4 Å². The van der Waals surface area contributed by atoms with Crippen molar-refractivity contribution in [3.8, 4) is 23.0 Å². The third-order valence-corrected chi connectivity index (χ3v) is 13.6. The van der Waals surface area contributed by atoms with Crippen molar-refractivity contribution in [1.82, 2.24) is 9.80 Å². The maximum atomic E-state index is 13.9. The maximum absolute atomic E-state index is 13.9. The van der Waals surface area contributed by atoms with Gasteiger partial charge in [-0.1, -0.05) is 0 Å². The molecule has 3 unspecified atom stereocenters. The number of piperidine rings is 1. The summed E-state index contributed by atoms with van der Waals surface area (Å²) in [5, 5.41) is 0. The third kappa shape index (κ3) is 7.15. The fourth-order valence-electron chi connectivity index (χ4n) is 8.13. The molecule has 278 valence electrons. The van der Waals surface area contributed by atoms with Crippen molar-refractivity contribution in [2.75, 3.05) is 43.8 Å². The summed E-state index contributed by atoms with van der Waals surface area (Å²) >= 11 is 4.76. The zero-order valence-corrected chi connectivity index (χ0v) is 34.8. The van der Waals surface area contributed by atoms with Gasteiger partial charge in [0.15, 0.2) is 11.5 Å². The molecule has 2 saturated heterocycles. The summed E-state index contributed by atoms with van der Waals surface area (Å²) in [6, 6.07) is 6.12. The largest absolute Gasteiger partial charge is 0.327 e. The first kappa shape index (κ1) is 38.3. The van der Waals surface area contributed by atoms with Crippen LogP contribution in [0.2, 0.25) is 9.56 Å². The molecule has 4 amide bonds. The van der Waals surface area contributed by atoms with Crippen LogP contribution in [-0.2, 0) is 7.86 Å². The quantitative estimate of drug-likeness (QED) is 0.143. The van der Waals surface area contributed by atoms with Crippen LogP contribution in [0.3, 0.4) is 0 Å². The molecule has 1 saturated carbocycles. The Kier molecular flexibility index (Phi) is 11.5. The van der Waals surface area contributed by atoms with Crippen LogP contribution in [0.25, 0.3) is 0 Å². The fraction of sp³-hybridized carbons (Fsp3) is 0.541. The van der Waals surface area contributed by atoms with Crippen LogP contribution in [0.5, 0.6) is 23.0 Å². The number of carbonyl (C=O) groups is 4. The molecule has 2 aromatic rings. The maximum Gasteiger partial charge on any atom is 0.256 e. The number of methoxy groups -OCH3 is 2. The van der Waals surface area contributed by atoms with Crippen LogP contribution in [-0.4, -0.2) is 129 Å². The Bertz CT molecular complexity index is 1830. The molecule has 5 aliphatic rings. The summed E-state index contributed by atoms with van der Waals surface area (Å²) in [4.78, 5) is 65.8. The van der Waals surface area contributed by atoms with Crippen LogP contribution >= 0.6 is 0 Å². The van der Waals surface area contributed by atoms with Crippen molar-refractivity contribution in [2.24, 2.45) is 16.8 Å². The van der Waals surface area contributed by atoms with Crippen molar-refractivity contribution < 1.29 is 62.8 Å². The van der Waals surface area contributed by atoms with Gasteiger partial charge >= 0.3 is 209 Å². The number of ether oxygens (including phenoxy) is 4. The minimum Gasteiger partial charge on any atom is -0.327 e. The number of anilines is 1. The van der Waals surface area contributed by atoms with E-state index in [1.807, 2.05) is 18.0 Å². The van der Waals surface area contributed by atoms with Crippen LogP contribution < -0.4 is 45.5 Å². The number of fused-ring (bicyclic) bond motifs is 6. The first-order valence-electron chi connectivity index (χ1n) is 18.0. The zero-order valence-electron chi connectivity index (χ0n) is 30.3. The number of nitrogens with zero attached hydrogens (tertiary/aromatic N) is 4. The number of imide groups is 1. The molecule has 0 N–H and O–H groups in total. The Hall–Kier alpha value is -3.02. The normalized spacial score (nSPS) is 27.1. The molecule has 4 aliphatic heterocycles. The Morgan fingerprint density at radius 2 is 1.55 bits per heavy atom. The zero-order chi connectivity index (χ0) is 37.6. The average molecular weight is 868 g/mol. The molecule has 4 radical (unpaired) electrons. The minimum absolute atomic E-state index is 0.00443. The molecule has 2 aromatic carbocycles. The number of hydrogen-bond acceptors (Lipinski definition) is 10. The van der Waals surface area contributed by atoms with E-state index >= 15 is 0 Å². The number of halogens is 1. The summed E-state index contributed by atoms with van der Waals surface area (Å²) in [7, 11) is 3.05. The minimum atomic E-state index is -0.930. The molecule has 4 heterocycles. The first-order valence-corrected chi connectivity index (χ1v) is 22.4. The van der Waals surface area contributed by atoms with E-state index in [9.17, 15) is 19.2 Å². The van der Waals surface area contributed by atoms with E-state index in [0.717, 1.165) is 30.6 Å². The molecule has 7 atom stereocenters. The predicted octanol–water partition coefficient (Wildman–Crippen LogP) is 1.53. The van der Waals surface area contributed by atoms with Crippen molar-refractivity contribution in [2.45, 2.75) is 73.1 Å². The SMILES string of the molecule is COc1cc2c(cc1OCCCCCOc1cc3c(cc1OC)C(=O)N1C[CH]([Al])[C@@H](C)C[C@H]1C(=O)N3C(=O)O[I-]C)N=C[C@@H]1CC3[CH]([Al])C[C@@H]3N1C2=O. The molecule has 1 aliphatic carbocycles. The second-order valence-electron chi connectivity index (χ2n) is 14.2. The molecule has 13 nitrogen and oxygen atoms in total. The van der Waals surface area contributed by atoms with Gasteiger partial charge in [0.1, 0.15) is 16.3 Å². The number of unbranched alkanes of at least 4 members (excludes halogenated alkanes) is 2. The topological polar surface area (TPSA) is 137 Å². The van der Waals surface area contributed by atoms with Crippen LogP contribution in [0, 0.1) is 11.8 Å². The molecule has 0 bridgehead atoms. The van der Waals surface area contributed by atoms with Crippen molar-refractivity contribution in [1.29, 1.82) is 0 Å². The van der Waals surface area contributed by atoms with Crippen LogP contribution in [0.15, 0.2) is 29.3 Å². The monoisotopic (exact) mass is 867 g/mol. The summed E-state index contributed by atoms with van der Waals surface area (Å²) in [5.41, 5.74) is 1.44. The molecule has 16 heteroatoms. The standard InChI is InChI=1S/C37H42IN4O9.2Al/c1-21-10-11-40-29(14-21)36(45)42(37(46)51-38-2)28-19-33(31(48-4)17-25(28)34(40)43)50-13-7-5-6-12-49-32-18-26-24(16-30(32)47-3)35(44)41-23(20-39-26)15-22-8-9-27(22)41;;/h8,10,16-23,27,29H,5-7,9,11-15H2,1-4H3;;/q-1;;/t21-,22?,23+,27+,29+;;/m1../s1. The van der Waals surface area contributed by atoms with E-state index in [2.05, 4.69) is 32.6 Å². The van der Waals surface area contributed by atoms with Crippen LogP contribution in [0.4, 0.5) is 16.2 Å². The second-order valence-corrected chi connectivity index (χ2v) is 17.3. The van der Waals surface area contributed by atoms with Gasteiger partial charge in [0.2, 0.25) is 0 Å². The Morgan fingerprint density at radius 1 is 0.868 bits per heavy atom. The van der Waals surface area contributed by atoms with Gasteiger partial charge in [-0.3, -0.25) is 9.79 Å². The van der Waals surface area contributed by atoms with E-state index in [-0.39, 0.29) is 45.8 Å². The number of alkyl halides is 1. The Morgan fingerprint density at radius 3 is 2.21 bits per heavy atom. The number of rotatable bonds is 11. The summed E-state index contributed by atoms with van der Waals surface area (Å²) in [6.45, 7) is 3.15. The second kappa shape index (κ2) is 16.0.